The minimum Gasteiger partial charge on any atom is -0.335 e. The highest BCUT2D eigenvalue weighted by atomic mass is 16.2. The molecule has 2 heterocycles. The van der Waals surface area contributed by atoms with Crippen LogP contribution < -0.4 is 5.32 Å². The lowest BCUT2D eigenvalue weighted by molar-refractivity contribution is -0.140. The van der Waals surface area contributed by atoms with Crippen molar-refractivity contribution in [2.24, 2.45) is 23.7 Å². The number of rotatable bonds is 1. The van der Waals surface area contributed by atoms with Crippen molar-refractivity contribution in [2.75, 3.05) is 13.1 Å². The second-order valence-electron chi connectivity index (χ2n) is 8.13. The van der Waals surface area contributed by atoms with Crippen LogP contribution in [0, 0.1) is 23.7 Å². The van der Waals surface area contributed by atoms with Crippen molar-refractivity contribution in [1.82, 2.24) is 10.2 Å². The van der Waals surface area contributed by atoms with Crippen molar-refractivity contribution >= 4 is 5.91 Å². The third kappa shape index (κ3) is 2.42. The van der Waals surface area contributed by atoms with Crippen LogP contribution in [0.3, 0.4) is 0 Å². The van der Waals surface area contributed by atoms with Gasteiger partial charge in [-0.2, -0.15) is 0 Å². The van der Waals surface area contributed by atoms with Crippen LogP contribution in [0.4, 0.5) is 0 Å². The van der Waals surface area contributed by atoms with E-state index < -0.39 is 0 Å². The van der Waals surface area contributed by atoms with Crippen LogP contribution in [-0.4, -0.2) is 36.0 Å². The van der Waals surface area contributed by atoms with Crippen LogP contribution in [0.5, 0.6) is 0 Å². The molecule has 1 N–H and O–H groups in total. The molecule has 2 saturated heterocycles. The predicted molar refractivity (Wildman–Crippen MR) is 83.9 cm³/mol. The summed E-state index contributed by atoms with van der Waals surface area (Å²) in [7, 11) is 0. The van der Waals surface area contributed by atoms with Gasteiger partial charge in [-0.05, 0) is 50.4 Å². The second-order valence-corrected chi connectivity index (χ2v) is 8.13. The van der Waals surface area contributed by atoms with E-state index in [1.807, 2.05) is 0 Å². The maximum Gasteiger partial charge on any atom is 0.226 e. The molecule has 4 fully saturated rings. The Kier molecular flexibility index (Phi) is 3.72. The molecule has 3 nitrogen and oxygen atoms in total. The Bertz CT molecular complexity index is 410. The van der Waals surface area contributed by atoms with Crippen LogP contribution in [0.25, 0.3) is 0 Å². The van der Waals surface area contributed by atoms with Crippen LogP contribution in [-0.2, 0) is 4.79 Å². The highest BCUT2D eigenvalue weighted by Crippen LogP contribution is 2.44. The van der Waals surface area contributed by atoms with Crippen molar-refractivity contribution in [3.63, 3.8) is 0 Å². The molecule has 4 aliphatic rings. The molecule has 2 aliphatic heterocycles. The lowest BCUT2D eigenvalue weighted by atomic mass is 9.67. The number of fused-ring (bicyclic) bond motifs is 2. The summed E-state index contributed by atoms with van der Waals surface area (Å²) in [4.78, 5) is 15.4. The zero-order valence-electron chi connectivity index (χ0n) is 13.4. The third-order valence-electron chi connectivity index (χ3n) is 6.92. The summed E-state index contributed by atoms with van der Waals surface area (Å²) in [5, 5.41) is 3.48. The lowest BCUT2D eigenvalue weighted by Crippen LogP contribution is -2.47. The fourth-order valence-corrected chi connectivity index (χ4v) is 5.85. The highest BCUT2D eigenvalue weighted by Gasteiger charge is 2.46. The summed E-state index contributed by atoms with van der Waals surface area (Å²) in [6.45, 7) is 4.41. The van der Waals surface area contributed by atoms with E-state index in [1.165, 1.54) is 44.9 Å². The van der Waals surface area contributed by atoms with Gasteiger partial charge in [0.15, 0.2) is 0 Å². The van der Waals surface area contributed by atoms with E-state index in [1.54, 1.807) is 0 Å². The lowest BCUT2D eigenvalue weighted by Gasteiger charge is -2.41. The monoisotopic (exact) mass is 290 g/mol. The SMILES string of the molecule is CC1CC2CNCC2N1C(=O)C1CCC2CCCCC2C1. The van der Waals surface area contributed by atoms with Crippen LogP contribution in [0.1, 0.15) is 58.3 Å². The van der Waals surface area contributed by atoms with Crippen LogP contribution >= 0.6 is 0 Å². The average molecular weight is 290 g/mol. The van der Waals surface area contributed by atoms with Crippen molar-refractivity contribution in [3.8, 4) is 0 Å². The number of nitrogens with zero attached hydrogens (tertiary/aromatic N) is 1. The van der Waals surface area contributed by atoms with Gasteiger partial charge in [0, 0.05) is 31.1 Å². The fourth-order valence-electron chi connectivity index (χ4n) is 5.85. The standard InChI is InChI=1S/C18H30N2O/c1-12-8-16-10-19-11-17(16)20(12)18(21)15-7-6-13-4-2-3-5-14(13)9-15/h12-17,19H,2-11H2,1H3. The molecule has 1 amide bonds. The van der Waals surface area contributed by atoms with Crippen molar-refractivity contribution in [2.45, 2.75) is 70.4 Å². The van der Waals surface area contributed by atoms with E-state index in [0.717, 1.165) is 37.3 Å². The normalized spacial score (nSPS) is 46.2. The summed E-state index contributed by atoms with van der Waals surface area (Å²) in [5.41, 5.74) is 0. The molecular weight excluding hydrogens is 260 g/mol. The average Bonchev–Trinajstić information content (AvgIpc) is 3.06. The number of amides is 1. The number of carbonyl (C=O) groups is 1. The van der Waals surface area contributed by atoms with E-state index in [-0.39, 0.29) is 0 Å². The molecule has 3 heteroatoms. The summed E-state index contributed by atoms with van der Waals surface area (Å²) in [6.07, 6.45) is 10.5. The Morgan fingerprint density at radius 3 is 2.62 bits per heavy atom. The first-order valence-electron chi connectivity index (χ1n) is 9.27. The first kappa shape index (κ1) is 14.0. The first-order chi connectivity index (χ1) is 10.2. The van der Waals surface area contributed by atoms with Gasteiger partial charge in [0.25, 0.3) is 0 Å². The van der Waals surface area contributed by atoms with Crippen LogP contribution in [0.2, 0.25) is 0 Å². The number of carbonyl (C=O) groups excluding carboxylic acids is 1. The predicted octanol–water partition coefficient (Wildman–Crippen LogP) is 2.80. The molecule has 6 atom stereocenters. The first-order valence-corrected chi connectivity index (χ1v) is 9.27. The summed E-state index contributed by atoms with van der Waals surface area (Å²) in [5.74, 6) is 3.36. The van der Waals surface area contributed by atoms with Crippen LogP contribution in [0.15, 0.2) is 0 Å². The molecule has 0 aromatic carbocycles. The van der Waals surface area contributed by atoms with Crippen molar-refractivity contribution in [3.05, 3.63) is 0 Å². The number of hydrogen-bond acceptors (Lipinski definition) is 2. The zero-order chi connectivity index (χ0) is 14.4. The van der Waals surface area contributed by atoms with Gasteiger partial charge < -0.3 is 10.2 Å². The van der Waals surface area contributed by atoms with Gasteiger partial charge in [-0.1, -0.05) is 25.7 Å². The summed E-state index contributed by atoms with van der Waals surface area (Å²) in [6, 6.07) is 0.968. The van der Waals surface area contributed by atoms with E-state index in [4.69, 9.17) is 0 Å². The minimum atomic E-state index is 0.339. The van der Waals surface area contributed by atoms with Gasteiger partial charge in [0.05, 0.1) is 0 Å². The Balaban J connectivity index is 1.45. The minimum absolute atomic E-state index is 0.339. The van der Waals surface area contributed by atoms with Gasteiger partial charge in [-0.25, -0.2) is 0 Å². The maximum atomic E-state index is 13.1. The second kappa shape index (κ2) is 5.57. The largest absolute Gasteiger partial charge is 0.335 e. The molecule has 0 aromatic heterocycles. The highest BCUT2D eigenvalue weighted by molar-refractivity contribution is 5.80. The topological polar surface area (TPSA) is 32.3 Å². The quantitative estimate of drug-likeness (QED) is 0.805. The van der Waals surface area contributed by atoms with Crippen molar-refractivity contribution < 1.29 is 4.79 Å². The van der Waals surface area contributed by atoms with E-state index in [2.05, 4.69) is 17.1 Å². The van der Waals surface area contributed by atoms with Gasteiger partial charge >= 0.3 is 0 Å². The smallest absolute Gasteiger partial charge is 0.226 e. The van der Waals surface area contributed by atoms with Gasteiger partial charge in [-0.3, -0.25) is 4.79 Å². The molecule has 118 valence electrons. The zero-order valence-corrected chi connectivity index (χ0v) is 13.4. The maximum absolute atomic E-state index is 13.1. The van der Waals surface area contributed by atoms with Gasteiger partial charge in [0.2, 0.25) is 5.91 Å². The molecule has 0 bridgehead atoms. The molecule has 21 heavy (non-hydrogen) atoms. The Labute approximate surface area is 128 Å². The Morgan fingerprint density at radius 2 is 1.76 bits per heavy atom. The molecular formula is C18H30N2O. The number of hydrogen-bond donors (Lipinski definition) is 1. The Hall–Kier alpha value is -0.570. The third-order valence-corrected chi connectivity index (χ3v) is 6.92. The summed E-state index contributed by atoms with van der Waals surface area (Å²) >= 11 is 0. The molecule has 0 radical (unpaired) electrons. The summed E-state index contributed by atoms with van der Waals surface area (Å²) < 4.78 is 0. The fraction of sp³-hybridized carbons (Fsp3) is 0.944. The molecule has 0 aromatic rings. The van der Waals surface area contributed by atoms with E-state index in [9.17, 15) is 4.79 Å². The van der Waals surface area contributed by atoms with E-state index in [0.29, 0.717) is 23.9 Å². The molecule has 6 unspecified atom stereocenters. The number of nitrogens with one attached hydrogen (secondary N) is 1. The Morgan fingerprint density at radius 1 is 0.952 bits per heavy atom. The molecule has 2 saturated carbocycles. The molecule has 0 spiro atoms. The van der Waals surface area contributed by atoms with Gasteiger partial charge in [0.1, 0.15) is 0 Å². The van der Waals surface area contributed by atoms with Gasteiger partial charge in [-0.15, -0.1) is 0 Å². The number of likely N-dealkylation sites (tertiary alicyclic amines) is 1. The van der Waals surface area contributed by atoms with E-state index >= 15 is 0 Å². The molecule has 4 rings (SSSR count). The van der Waals surface area contributed by atoms with Crippen molar-refractivity contribution in [1.29, 1.82) is 0 Å². The molecule has 2 aliphatic carbocycles.